The van der Waals surface area contributed by atoms with Crippen LogP contribution in [0.4, 0.5) is 19.1 Å². The van der Waals surface area contributed by atoms with E-state index in [1.807, 2.05) is 4.90 Å². The van der Waals surface area contributed by atoms with Crippen LogP contribution in [0, 0.1) is 12.8 Å². The summed E-state index contributed by atoms with van der Waals surface area (Å²) in [6.45, 7) is 3.06. The lowest BCUT2D eigenvalue weighted by Gasteiger charge is -2.32. The monoisotopic (exact) mass is 395 g/mol. The van der Waals surface area contributed by atoms with E-state index in [9.17, 15) is 18.0 Å². The van der Waals surface area contributed by atoms with Crippen LogP contribution in [0.1, 0.15) is 34.6 Å². The number of carboxylic acid groups (broad SMARTS) is 1. The number of halogens is 3. The van der Waals surface area contributed by atoms with Gasteiger partial charge in [0.15, 0.2) is 5.69 Å². The predicted octanol–water partition coefficient (Wildman–Crippen LogP) is 3.80. The zero-order chi connectivity index (χ0) is 20.3. The molecule has 1 aliphatic rings. The number of piperidine rings is 1. The average Bonchev–Trinajstić information content (AvgIpc) is 2.66. The Bertz CT molecular complexity index is 850. The fraction of sp³-hybridized carbons (Fsp3) is 0.421. The molecule has 1 aliphatic heterocycles. The first-order valence-corrected chi connectivity index (χ1v) is 8.87. The number of aromatic nitrogens is 2. The number of para-hydroxylation sites is 1. The van der Waals surface area contributed by atoms with Crippen LogP contribution in [0.3, 0.4) is 0 Å². The fourth-order valence-electron chi connectivity index (χ4n) is 3.14. The van der Waals surface area contributed by atoms with Crippen LogP contribution in [0.15, 0.2) is 30.3 Å². The van der Waals surface area contributed by atoms with Crippen molar-refractivity contribution in [1.82, 2.24) is 9.97 Å². The molecule has 6 nitrogen and oxygen atoms in total. The largest absolute Gasteiger partial charge is 0.493 e. The second-order valence-corrected chi connectivity index (χ2v) is 6.74. The van der Waals surface area contributed by atoms with Crippen LogP contribution in [-0.4, -0.2) is 40.7 Å². The third kappa shape index (κ3) is 4.71. The van der Waals surface area contributed by atoms with Crippen molar-refractivity contribution in [3.05, 3.63) is 47.3 Å². The first-order valence-electron chi connectivity index (χ1n) is 8.87. The topological polar surface area (TPSA) is 75.5 Å². The van der Waals surface area contributed by atoms with E-state index in [2.05, 4.69) is 9.97 Å². The number of benzene rings is 1. The molecule has 0 radical (unpaired) electrons. The van der Waals surface area contributed by atoms with Crippen LogP contribution >= 0.6 is 0 Å². The van der Waals surface area contributed by atoms with Gasteiger partial charge in [0.25, 0.3) is 0 Å². The van der Waals surface area contributed by atoms with E-state index in [1.165, 1.54) is 24.3 Å². The Morgan fingerprint density at radius 3 is 2.57 bits per heavy atom. The molecule has 3 rings (SSSR count). The number of ether oxygens (including phenoxy) is 1. The molecule has 0 spiro atoms. The summed E-state index contributed by atoms with van der Waals surface area (Å²) in [4.78, 5) is 21.4. The first kappa shape index (κ1) is 19.9. The molecule has 0 aliphatic carbocycles. The Labute approximate surface area is 160 Å². The Morgan fingerprint density at radius 2 is 1.93 bits per heavy atom. The third-order valence-corrected chi connectivity index (χ3v) is 4.63. The lowest BCUT2D eigenvalue weighted by molar-refractivity contribution is -0.139. The Balaban J connectivity index is 1.59. The molecule has 1 aromatic heterocycles. The summed E-state index contributed by atoms with van der Waals surface area (Å²) in [7, 11) is 0. The zero-order valence-electron chi connectivity index (χ0n) is 15.2. The molecule has 1 fully saturated rings. The van der Waals surface area contributed by atoms with Crippen LogP contribution in [0.2, 0.25) is 0 Å². The predicted molar refractivity (Wildman–Crippen MR) is 95.6 cm³/mol. The van der Waals surface area contributed by atoms with Crippen molar-refractivity contribution < 1.29 is 27.8 Å². The van der Waals surface area contributed by atoms with Gasteiger partial charge < -0.3 is 14.7 Å². The van der Waals surface area contributed by atoms with Gasteiger partial charge in [-0.1, -0.05) is 12.1 Å². The lowest BCUT2D eigenvalue weighted by atomic mass is 9.98. The molecular weight excluding hydrogens is 375 g/mol. The van der Waals surface area contributed by atoms with Crippen molar-refractivity contribution in [2.24, 2.45) is 5.92 Å². The van der Waals surface area contributed by atoms with Gasteiger partial charge in [-0.3, -0.25) is 0 Å². The normalized spacial score (nSPS) is 15.5. The van der Waals surface area contributed by atoms with E-state index in [0.29, 0.717) is 37.6 Å². The minimum absolute atomic E-state index is 0.0586. The zero-order valence-corrected chi connectivity index (χ0v) is 15.2. The molecule has 150 valence electrons. The molecule has 2 aromatic rings. The highest BCUT2D eigenvalue weighted by molar-refractivity contribution is 5.85. The minimum atomic E-state index is -4.45. The summed E-state index contributed by atoms with van der Waals surface area (Å²) in [5, 5.41) is 9.13. The quantitative estimate of drug-likeness (QED) is 0.830. The van der Waals surface area contributed by atoms with Gasteiger partial charge in [0.1, 0.15) is 5.75 Å². The molecule has 0 unspecified atom stereocenters. The van der Waals surface area contributed by atoms with E-state index < -0.39 is 17.7 Å². The standard InChI is InChI=1S/C19H20F3N3O3/c1-12-10-15(17(26)27)24-18(23-12)25-8-6-13(7-9-25)11-28-16-5-3-2-4-14(16)19(20,21)22/h2-5,10,13H,6-9,11H2,1H3,(H,26,27). The van der Waals surface area contributed by atoms with Crippen molar-refractivity contribution in [2.45, 2.75) is 25.9 Å². The summed E-state index contributed by atoms with van der Waals surface area (Å²) in [6, 6.07) is 6.59. The number of carboxylic acids is 1. The minimum Gasteiger partial charge on any atom is -0.493 e. The molecule has 0 saturated carbocycles. The van der Waals surface area contributed by atoms with Gasteiger partial charge in [-0.25, -0.2) is 14.8 Å². The summed E-state index contributed by atoms with van der Waals surface area (Å²) in [5.74, 6) is -0.815. The number of nitrogens with zero attached hydrogens (tertiary/aromatic N) is 3. The fourth-order valence-corrected chi connectivity index (χ4v) is 3.14. The van der Waals surface area contributed by atoms with Crippen LogP contribution in [0.5, 0.6) is 5.75 Å². The van der Waals surface area contributed by atoms with Gasteiger partial charge in [-0.15, -0.1) is 0 Å². The van der Waals surface area contributed by atoms with Crippen molar-refractivity contribution in [3.63, 3.8) is 0 Å². The van der Waals surface area contributed by atoms with Gasteiger partial charge in [0, 0.05) is 18.8 Å². The number of alkyl halides is 3. The van der Waals surface area contributed by atoms with E-state index in [0.717, 1.165) is 6.07 Å². The van der Waals surface area contributed by atoms with Crippen LogP contribution in [-0.2, 0) is 6.18 Å². The van der Waals surface area contributed by atoms with E-state index in [4.69, 9.17) is 9.84 Å². The Morgan fingerprint density at radius 1 is 1.25 bits per heavy atom. The van der Waals surface area contributed by atoms with Crippen molar-refractivity contribution >= 4 is 11.9 Å². The highest BCUT2D eigenvalue weighted by atomic mass is 19.4. The second kappa shape index (κ2) is 8.04. The van der Waals surface area contributed by atoms with E-state index in [1.54, 1.807) is 6.92 Å². The highest BCUT2D eigenvalue weighted by Crippen LogP contribution is 2.36. The number of hydrogen-bond acceptors (Lipinski definition) is 5. The SMILES string of the molecule is Cc1cc(C(=O)O)nc(N2CCC(COc3ccccc3C(F)(F)F)CC2)n1. The maximum absolute atomic E-state index is 13.0. The van der Waals surface area contributed by atoms with Gasteiger partial charge in [0.05, 0.1) is 12.2 Å². The molecule has 1 N–H and O–H groups in total. The molecule has 0 atom stereocenters. The summed E-state index contributed by atoms with van der Waals surface area (Å²) in [6.07, 6.45) is -3.08. The summed E-state index contributed by atoms with van der Waals surface area (Å²) >= 11 is 0. The number of aryl methyl sites for hydroxylation is 1. The molecular formula is C19H20F3N3O3. The third-order valence-electron chi connectivity index (χ3n) is 4.63. The smallest absolute Gasteiger partial charge is 0.419 e. The second-order valence-electron chi connectivity index (χ2n) is 6.74. The number of anilines is 1. The number of aromatic carboxylic acids is 1. The summed E-state index contributed by atoms with van der Waals surface area (Å²) < 4.78 is 44.6. The molecule has 2 heterocycles. The van der Waals surface area contributed by atoms with Gasteiger partial charge in [0.2, 0.25) is 5.95 Å². The first-order chi connectivity index (χ1) is 13.2. The maximum Gasteiger partial charge on any atom is 0.419 e. The summed E-state index contributed by atoms with van der Waals surface area (Å²) in [5.41, 5.74) is -0.268. The van der Waals surface area contributed by atoms with Crippen molar-refractivity contribution in [3.8, 4) is 5.75 Å². The van der Waals surface area contributed by atoms with Gasteiger partial charge in [-0.2, -0.15) is 13.2 Å². The molecule has 1 saturated heterocycles. The van der Waals surface area contributed by atoms with Crippen LogP contribution in [0.25, 0.3) is 0 Å². The van der Waals surface area contributed by atoms with Gasteiger partial charge >= 0.3 is 12.1 Å². The molecule has 0 amide bonds. The molecule has 9 heteroatoms. The van der Waals surface area contributed by atoms with E-state index in [-0.39, 0.29) is 24.0 Å². The number of hydrogen-bond donors (Lipinski definition) is 1. The molecule has 1 aromatic carbocycles. The van der Waals surface area contributed by atoms with Crippen molar-refractivity contribution in [1.29, 1.82) is 0 Å². The maximum atomic E-state index is 13.0. The van der Waals surface area contributed by atoms with Gasteiger partial charge in [-0.05, 0) is 43.9 Å². The van der Waals surface area contributed by atoms with Crippen molar-refractivity contribution in [2.75, 3.05) is 24.6 Å². The number of carbonyl (C=O) groups is 1. The van der Waals surface area contributed by atoms with Crippen LogP contribution < -0.4 is 9.64 Å². The molecule has 0 bridgehead atoms. The lowest BCUT2D eigenvalue weighted by Crippen LogP contribution is -2.37. The Kier molecular flexibility index (Phi) is 5.71. The molecule has 28 heavy (non-hydrogen) atoms. The van der Waals surface area contributed by atoms with E-state index >= 15 is 0 Å². The number of rotatable bonds is 5. The highest BCUT2D eigenvalue weighted by Gasteiger charge is 2.34. The Hall–Kier alpha value is -2.84. The average molecular weight is 395 g/mol.